The van der Waals surface area contributed by atoms with E-state index in [2.05, 4.69) is 10.3 Å². The first-order valence-electron chi connectivity index (χ1n) is 11.8. The second-order valence-electron chi connectivity index (χ2n) is 8.87. The second-order valence-corrected chi connectivity index (χ2v) is 8.87. The fourth-order valence-corrected chi connectivity index (χ4v) is 4.64. The highest BCUT2D eigenvalue weighted by Gasteiger charge is 2.19. The normalized spacial score (nSPS) is 12.7. The summed E-state index contributed by atoms with van der Waals surface area (Å²) in [5, 5.41) is 3.77. The van der Waals surface area contributed by atoms with Crippen LogP contribution in [0, 0.1) is 6.92 Å². The second kappa shape index (κ2) is 8.88. The number of hydrogen-bond donors (Lipinski definition) is 1. The molecule has 1 aliphatic heterocycles. The van der Waals surface area contributed by atoms with Gasteiger partial charge in [-0.3, -0.25) is 14.2 Å². The Balaban J connectivity index is 1.39. The van der Waals surface area contributed by atoms with Crippen LogP contribution in [0.25, 0.3) is 21.9 Å². The molecule has 5 aromatic rings. The molecule has 2 aromatic heterocycles. The summed E-state index contributed by atoms with van der Waals surface area (Å²) in [4.78, 5) is 31.5. The number of carbonyl (C=O) groups is 1. The van der Waals surface area contributed by atoms with Gasteiger partial charge >= 0.3 is 0 Å². The molecule has 0 spiro atoms. The predicted octanol–water partition coefficient (Wildman–Crippen LogP) is 4.12. The predicted molar refractivity (Wildman–Crippen MR) is 138 cm³/mol. The van der Waals surface area contributed by atoms with Crippen LogP contribution < -0.4 is 20.3 Å². The standard InChI is InChI=1S/C28H24N4O4/c1-18-7-9-22-21(13-18)26-27(28(34)31(17-29-26)15-19-5-3-2-4-6-19)32(22)16-25(33)30-20-8-10-23-24(14-20)36-12-11-35-23/h2-10,13-14,17H,11-12,15-16H2,1H3,(H,30,33). The molecule has 3 aromatic carbocycles. The maximum atomic E-state index is 13.6. The number of anilines is 1. The summed E-state index contributed by atoms with van der Waals surface area (Å²) < 4.78 is 14.5. The molecule has 1 aliphatic rings. The molecule has 0 fully saturated rings. The Morgan fingerprint density at radius 3 is 2.64 bits per heavy atom. The molecule has 0 bridgehead atoms. The minimum atomic E-state index is -0.260. The summed E-state index contributed by atoms with van der Waals surface area (Å²) in [7, 11) is 0. The van der Waals surface area contributed by atoms with Crippen molar-refractivity contribution < 1.29 is 14.3 Å². The maximum Gasteiger partial charge on any atom is 0.278 e. The van der Waals surface area contributed by atoms with Crippen molar-refractivity contribution in [2.24, 2.45) is 0 Å². The molecule has 36 heavy (non-hydrogen) atoms. The average molecular weight is 481 g/mol. The van der Waals surface area contributed by atoms with Gasteiger partial charge in [0.1, 0.15) is 30.8 Å². The molecule has 0 saturated heterocycles. The van der Waals surface area contributed by atoms with Gasteiger partial charge in [0.05, 0.1) is 18.4 Å². The van der Waals surface area contributed by atoms with E-state index in [1.807, 2.05) is 55.5 Å². The van der Waals surface area contributed by atoms with E-state index >= 15 is 0 Å². The van der Waals surface area contributed by atoms with Crippen LogP contribution in [0.15, 0.2) is 77.9 Å². The Hall–Kier alpha value is -4.59. The molecular formula is C28H24N4O4. The topological polar surface area (TPSA) is 87.4 Å². The van der Waals surface area contributed by atoms with E-state index in [4.69, 9.17) is 9.47 Å². The molecule has 1 amide bonds. The van der Waals surface area contributed by atoms with E-state index in [9.17, 15) is 9.59 Å². The Bertz CT molecular complexity index is 1670. The van der Waals surface area contributed by atoms with Crippen LogP contribution in [-0.2, 0) is 17.9 Å². The molecule has 8 heteroatoms. The van der Waals surface area contributed by atoms with Gasteiger partial charge in [-0.1, -0.05) is 42.0 Å². The van der Waals surface area contributed by atoms with Crippen molar-refractivity contribution in [3.63, 3.8) is 0 Å². The van der Waals surface area contributed by atoms with Crippen molar-refractivity contribution in [1.82, 2.24) is 14.1 Å². The van der Waals surface area contributed by atoms with Crippen LogP contribution in [0.5, 0.6) is 11.5 Å². The Labute approximate surface area is 206 Å². The molecule has 0 aliphatic carbocycles. The SMILES string of the molecule is Cc1ccc2c(c1)c1ncn(Cc3ccccc3)c(=O)c1n2CC(=O)Nc1ccc2c(c1)OCCO2. The lowest BCUT2D eigenvalue weighted by Gasteiger charge is -2.19. The zero-order chi connectivity index (χ0) is 24.6. The number of aromatic nitrogens is 3. The van der Waals surface area contributed by atoms with Crippen molar-refractivity contribution >= 4 is 33.5 Å². The third-order valence-electron chi connectivity index (χ3n) is 6.31. The molecule has 1 N–H and O–H groups in total. The summed E-state index contributed by atoms with van der Waals surface area (Å²) in [6.45, 7) is 3.32. The Morgan fingerprint density at radius 1 is 1.00 bits per heavy atom. The van der Waals surface area contributed by atoms with Crippen LogP contribution >= 0.6 is 0 Å². The van der Waals surface area contributed by atoms with Gasteiger partial charge < -0.3 is 19.4 Å². The number of nitrogens with one attached hydrogen (secondary N) is 1. The third-order valence-corrected chi connectivity index (χ3v) is 6.31. The van der Waals surface area contributed by atoms with E-state index in [-0.39, 0.29) is 18.0 Å². The monoisotopic (exact) mass is 480 g/mol. The molecule has 3 heterocycles. The fourth-order valence-electron chi connectivity index (χ4n) is 4.64. The van der Waals surface area contributed by atoms with Gasteiger partial charge in [-0.25, -0.2) is 4.98 Å². The van der Waals surface area contributed by atoms with Gasteiger partial charge in [0, 0.05) is 17.1 Å². The molecule has 0 radical (unpaired) electrons. The van der Waals surface area contributed by atoms with Gasteiger partial charge in [-0.2, -0.15) is 0 Å². The lowest BCUT2D eigenvalue weighted by Crippen LogP contribution is -2.25. The average Bonchev–Trinajstić information content (AvgIpc) is 3.19. The van der Waals surface area contributed by atoms with E-state index in [1.54, 1.807) is 33.7 Å². The summed E-state index contributed by atoms with van der Waals surface area (Å²) >= 11 is 0. The summed E-state index contributed by atoms with van der Waals surface area (Å²) in [5.41, 5.74) is 4.25. The van der Waals surface area contributed by atoms with Crippen molar-refractivity contribution in [3.8, 4) is 11.5 Å². The van der Waals surface area contributed by atoms with E-state index in [1.165, 1.54) is 0 Å². The van der Waals surface area contributed by atoms with Crippen molar-refractivity contribution in [3.05, 3.63) is 94.5 Å². The number of amides is 1. The number of benzene rings is 3. The number of hydrogen-bond acceptors (Lipinski definition) is 5. The first-order chi connectivity index (χ1) is 17.6. The Kier molecular flexibility index (Phi) is 5.41. The van der Waals surface area contributed by atoms with Crippen LogP contribution in [0.1, 0.15) is 11.1 Å². The van der Waals surface area contributed by atoms with Crippen LogP contribution in [0.4, 0.5) is 5.69 Å². The van der Waals surface area contributed by atoms with Gasteiger partial charge in [-0.05, 0) is 36.8 Å². The summed E-state index contributed by atoms with van der Waals surface area (Å²) in [6, 6.07) is 21.0. The number of nitrogens with zero attached hydrogens (tertiary/aromatic N) is 3. The van der Waals surface area contributed by atoms with Gasteiger partial charge in [0.2, 0.25) is 5.91 Å². The van der Waals surface area contributed by atoms with Gasteiger partial charge in [0.25, 0.3) is 5.56 Å². The molecule has 8 nitrogen and oxygen atoms in total. The molecule has 0 saturated carbocycles. The Morgan fingerprint density at radius 2 is 1.81 bits per heavy atom. The number of aryl methyl sites for hydroxylation is 1. The molecule has 0 unspecified atom stereocenters. The number of carbonyl (C=O) groups excluding carboxylic acids is 1. The zero-order valence-corrected chi connectivity index (χ0v) is 19.7. The van der Waals surface area contributed by atoms with E-state index in [0.717, 1.165) is 22.0 Å². The highest BCUT2D eigenvalue weighted by atomic mass is 16.6. The highest BCUT2D eigenvalue weighted by Crippen LogP contribution is 2.33. The first-order valence-corrected chi connectivity index (χ1v) is 11.8. The number of ether oxygens (including phenoxy) is 2. The fraction of sp³-hybridized carbons (Fsp3) is 0.179. The quantitative estimate of drug-likeness (QED) is 0.409. The van der Waals surface area contributed by atoms with Crippen LogP contribution in [0.2, 0.25) is 0 Å². The third kappa shape index (κ3) is 3.96. The highest BCUT2D eigenvalue weighted by molar-refractivity contribution is 6.06. The summed E-state index contributed by atoms with van der Waals surface area (Å²) in [6.07, 6.45) is 1.58. The van der Waals surface area contributed by atoms with Crippen LogP contribution in [0.3, 0.4) is 0 Å². The van der Waals surface area contributed by atoms with Crippen molar-refractivity contribution in [2.75, 3.05) is 18.5 Å². The number of fused-ring (bicyclic) bond motifs is 4. The van der Waals surface area contributed by atoms with Gasteiger partial charge in [0.15, 0.2) is 11.5 Å². The van der Waals surface area contributed by atoms with E-state index in [0.29, 0.717) is 48.0 Å². The minimum absolute atomic E-state index is 0.0379. The molecule has 6 rings (SSSR count). The zero-order valence-electron chi connectivity index (χ0n) is 19.7. The van der Waals surface area contributed by atoms with E-state index < -0.39 is 0 Å². The minimum Gasteiger partial charge on any atom is -0.486 e. The molecule has 0 atom stereocenters. The number of rotatable bonds is 5. The van der Waals surface area contributed by atoms with Crippen molar-refractivity contribution in [2.45, 2.75) is 20.0 Å². The molecule has 180 valence electrons. The smallest absolute Gasteiger partial charge is 0.278 e. The van der Waals surface area contributed by atoms with Gasteiger partial charge in [-0.15, -0.1) is 0 Å². The maximum absolute atomic E-state index is 13.6. The largest absolute Gasteiger partial charge is 0.486 e. The lowest BCUT2D eigenvalue weighted by atomic mass is 10.1. The lowest BCUT2D eigenvalue weighted by molar-refractivity contribution is -0.116. The van der Waals surface area contributed by atoms with Crippen molar-refractivity contribution in [1.29, 1.82) is 0 Å². The molecular weight excluding hydrogens is 456 g/mol. The summed E-state index contributed by atoms with van der Waals surface area (Å²) in [5.74, 6) is 0.991. The first kappa shape index (κ1) is 21.9. The van der Waals surface area contributed by atoms with Crippen LogP contribution in [-0.4, -0.2) is 33.2 Å².